The molecule has 0 aliphatic carbocycles. The number of aromatic nitrogens is 4. The zero-order valence-corrected chi connectivity index (χ0v) is 8.06. The van der Waals surface area contributed by atoms with Crippen LogP contribution < -0.4 is 5.32 Å². The van der Waals surface area contributed by atoms with E-state index in [-0.39, 0.29) is 0 Å². The average Bonchev–Trinajstić information content (AvgIpc) is 2.74. The molecule has 1 aliphatic heterocycles. The van der Waals surface area contributed by atoms with Gasteiger partial charge in [-0.3, -0.25) is 0 Å². The third kappa shape index (κ3) is 1.56. The van der Waals surface area contributed by atoms with Crippen LogP contribution >= 0.6 is 0 Å². The average molecular weight is 181 g/mol. The van der Waals surface area contributed by atoms with Gasteiger partial charge < -0.3 is 5.32 Å². The van der Waals surface area contributed by atoms with Crippen LogP contribution in [0.4, 0.5) is 0 Å². The number of nitrogens with one attached hydrogen (secondary N) is 1. The number of nitrogens with zero attached hydrogens (tertiary/aromatic N) is 4. The van der Waals surface area contributed by atoms with E-state index in [0.29, 0.717) is 12.1 Å². The van der Waals surface area contributed by atoms with Crippen molar-refractivity contribution in [2.75, 3.05) is 6.54 Å². The van der Waals surface area contributed by atoms with Gasteiger partial charge in [-0.05, 0) is 43.7 Å². The summed E-state index contributed by atoms with van der Waals surface area (Å²) >= 11 is 0. The van der Waals surface area contributed by atoms with Crippen molar-refractivity contribution in [2.45, 2.75) is 38.8 Å². The van der Waals surface area contributed by atoms with Crippen molar-refractivity contribution < 1.29 is 0 Å². The van der Waals surface area contributed by atoms with Gasteiger partial charge in [0.1, 0.15) is 0 Å². The van der Waals surface area contributed by atoms with Crippen LogP contribution in [0.2, 0.25) is 0 Å². The molecule has 0 radical (unpaired) electrons. The molecule has 2 heterocycles. The fourth-order valence-corrected chi connectivity index (χ4v) is 1.70. The molecule has 0 spiro atoms. The van der Waals surface area contributed by atoms with Crippen molar-refractivity contribution in [3.8, 4) is 0 Å². The van der Waals surface area contributed by atoms with Gasteiger partial charge >= 0.3 is 0 Å². The lowest BCUT2D eigenvalue weighted by Crippen LogP contribution is -2.19. The van der Waals surface area contributed by atoms with Crippen LogP contribution in [0.3, 0.4) is 0 Å². The molecule has 0 bridgehead atoms. The highest BCUT2D eigenvalue weighted by Crippen LogP contribution is 2.21. The van der Waals surface area contributed by atoms with E-state index in [2.05, 4.69) is 34.7 Å². The van der Waals surface area contributed by atoms with E-state index in [1.165, 1.54) is 6.42 Å². The maximum absolute atomic E-state index is 4.06. The Hall–Kier alpha value is -0.970. The summed E-state index contributed by atoms with van der Waals surface area (Å²) in [6, 6.07) is 0.699. The summed E-state index contributed by atoms with van der Waals surface area (Å²) in [5.41, 5.74) is 0. The predicted molar refractivity (Wildman–Crippen MR) is 48.2 cm³/mol. The van der Waals surface area contributed by atoms with E-state index < -0.39 is 0 Å². The Balaban J connectivity index is 2.23. The van der Waals surface area contributed by atoms with Gasteiger partial charge in [0.2, 0.25) is 0 Å². The second-order valence-corrected chi connectivity index (χ2v) is 3.72. The lowest BCUT2D eigenvalue weighted by atomic mass is 10.2. The molecule has 1 fully saturated rings. The second-order valence-electron chi connectivity index (χ2n) is 3.72. The lowest BCUT2D eigenvalue weighted by molar-refractivity contribution is 0.460. The standard InChI is InChI=1S/C8H15N5/c1-6(2)13-8(10-11-12-13)7-4-3-5-9-7/h6-7,9H,3-5H2,1-2H3. The minimum Gasteiger partial charge on any atom is -0.307 e. The quantitative estimate of drug-likeness (QED) is 0.729. The molecule has 5 nitrogen and oxygen atoms in total. The molecule has 1 N–H and O–H groups in total. The van der Waals surface area contributed by atoms with Gasteiger partial charge in [0.25, 0.3) is 0 Å². The highest BCUT2D eigenvalue weighted by molar-refractivity contribution is 4.95. The van der Waals surface area contributed by atoms with Crippen LogP contribution in [0, 0.1) is 0 Å². The maximum Gasteiger partial charge on any atom is 0.168 e. The fraction of sp³-hybridized carbons (Fsp3) is 0.875. The molecule has 1 aliphatic rings. The highest BCUT2D eigenvalue weighted by Gasteiger charge is 2.23. The van der Waals surface area contributed by atoms with E-state index in [0.717, 1.165) is 18.8 Å². The smallest absolute Gasteiger partial charge is 0.168 e. The molecule has 2 rings (SSSR count). The zero-order chi connectivity index (χ0) is 9.26. The van der Waals surface area contributed by atoms with E-state index in [1.54, 1.807) is 0 Å². The predicted octanol–water partition coefficient (Wildman–Crippen LogP) is 0.678. The largest absolute Gasteiger partial charge is 0.307 e. The summed E-state index contributed by atoms with van der Waals surface area (Å²) in [4.78, 5) is 0. The summed E-state index contributed by atoms with van der Waals surface area (Å²) in [7, 11) is 0. The Morgan fingerprint density at radius 3 is 3.00 bits per heavy atom. The molecule has 5 heteroatoms. The molecule has 1 aromatic heterocycles. The number of tetrazole rings is 1. The lowest BCUT2D eigenvalue weighted by Gasteiger charge is -2.12. The van der Waals surface area contributed by atoms with Crippen LogP contribution in [-0.4, -0.2) is 26.8 Å². The minimum atomic E-state index is 0.340. The van der Waals surface area contributed by atoms with E-state index in [9.17, 15) is 0 Å². The van der Waals surface area contributed by atoms with Crippen molar-refractivity contribution >= 4 is 0 Å². The fourth-order valence-electron chi connectivity index (χ4n) is 1.70. The van der Waals surface area contributed by atoms with Crippen LogP contribution in [0.15, 0.2) is 0 Å². The van der Waals surface area contributed by atoms with Gasteiger partial charge in [0.15, 0.2) is 5.82 Å². The van der Waals surface area contributed by atoms with Crippen molar-refractivity contribution in [1.29, 1.82) is 0 Å². The van der Waals surface area contributed by atoms with Crippen molar-refractivity contribution in [3.05, 3.63) is 5.82 Å². The molecular formula is C8H15N5. The van der Waals surface area contributed by atoms with Gasteiger partial charge in [0.05, 0.1) is 12.1 Å². The van der Waals surface area contributed by atoms with Gasteiger partial charge in [-0.2, -0.15) is 0 Å². The molecule has 0 aromatic carbocycles. The van der Waals surface area contributed by atoms with E-state index in [4.69, 9.17) is 0 Å². The van der Waals surface area contributed by atoms with E-state index in [1.807, 2.05) is 4.68 Å². The van der Waals surface area contributed by atoms with Crippen LogP contribution in [-0.2, 0) is 0 Å². The van der Waals surface area contributed by atoms with Crippen molar-refractivity contribution in [2.24, 2.45) is 0 Å². The van der Waals surface area contributed by atoms with Crippen LogP contribution in [0.5, 0.6) is 0 Å². The van der Waals surface area contributed by atoms with Crippen LogP contribution in [0.25, 0.3) is 0 Å². The number of hydrogen-bond acceptors (Lipinski definition) is 4. The van der Waals surface area contributed by atoms with E-state index >= 15 is 0 Å². The van der Waals surface area contributed by atoms with Crippen molar-refractivity contribution in [1.82, 2.24) is 25.5 Å². The Kier molecular flexibility index (Phi) is 2.26. The maximum atomic E-state index is 4.06. The third-order valence-corrected chi connectivity index (χ3v) is 2.38. The molecule has 1 saturated heterocycles. The minimum absolute atomic E-state index is 0.340. The highest BCUT2D eigenvalue weighted by atomic mass is 15.6. The summed E-state index contributed by atoms with van der Waals surface area (Å²) < 4.78 is 1.89. The Morgan fingerprint density at radius 1 is 1.54 bits per heavy atom. The van der Waals surface area contributed by atoms with Gasteiger partial charge in [-0.25, -0.2) is 4.68 Å². The number of rotatable bonds is 2. The molecule has 13 heavy (non-hydrogen) atoms. The second kappa shape index (κ2) is 3.41. The first kappa shape index (κ1) is 8.62. The summed E-state index contributed by atoms with van der Waals surface area (Å²) in [5.74, 6) is 0.979. The topological polar surface area (TPSA) is 55.6 Å². The Labute approximate surface area is 77.5 Å². The first-order valence-corrected chi connectivity index (χ1v) is 4.80. The van der Waals surface area contributed by atoms with Crippen LogP contribution in [0.1, 0.15) is 44.6 Å². The SMILES string of the molecule is CC(C)n1nnnc1C1CCCN1. The molecule has 1 unspecified atom stereocenters. The monoisotopic (exact) mass is 181 g/mol. The molecule has 72 valence electrons. The zero-order valence-electron chi connectivity index (χ0n) is 8.06. The first-order valence-electron chi connectivity index (χ1n) is 4.80. The Morgan fingerprint density at radius 2 is 2.38 bits per heavy atom. The van der Waals surface area contributed by atoms with Crippen molar-refractivity contribution in [3.63, 3.8) is 0 Å². The number of hydrogen-bond donors (Lipinski definition) is 1. The van der Waals surface area contributed by atoms with Gasteiger partial charge in [-0.1, -0.05) is 0 Å². The third-order valence-electron chi connectivity index (χ3n) is 2.38. The molecule has 0 amide bonds. The first-order chi connectivity index (χ1) is 6.29. The van der Waals surface area contributed by atoms with Gasteiger partial charge in [-0.15, -0.1) is 5.10 Å². The molecule has 0 saturated carbocycles. The molecular weight excluding hydrogens is 166 g/mol. The Bertz CT molecular complexity index is 274. The summed E-state index contributed by atoms with van der Waals surface area (Å²) in [5, 5.41) is 15.1. The summed E-state index contributed by atoms with van der Waals surface area (Å²) in [6.07, 6.45) is 2.36. The van der Waals surface area contributed by atoms with Gasteiger partial charge in [0, 0.05) is 0 Å². The molecule has 1 aromatic rings. The normalized spacial score (nSPS) is 22.8. The summed E-state index contributed by atoms with van der Waals surface area (Å²) in [6.45, 7) is 5.26. The molecule has 1 atom stereocenters.